The highest BCUT2D eigenvalue weighted by Gasteiger charge is 2.12. The number of likely N-dealkylation sites (N-methyl/N-ethyl adjacent to an activating group) is 1. The van der Waals surface area contributed by atoms with Gasteiger partial charge in [0, 0.05) is 7.05 Å². The van der Waals surface area contributed by atoms with Gasteiger partial charge < -0.3 is 9.64 Å². The predicted octanol–water partition coefficient (Wildman–Crippen LogP) is 0.967. The lowest BCUT2D eigenvalue weighted by atomic mass is 10.3. The van der Waals surface area contributed by atoms with Crippen LogP contribution >= 0.6 is 0 Å². The third kappa shape index (κ3) is 4.28. The van der Waals surface area contributed by atoms with E-state index in [1.807, 2.05) is 0 Å². The minimum atomic E-state index is -0.605. The SMILES string of the molecule is COC(=O)N(C)CC(=O)NNc1ccc(F)cc1. The van der Waals surface area contributed by atoms with Crippen molar-refractivity contribution in [1.29, 1.82) is 0 Å². The molecule has 1 aromatic rings. The Morgan fingerprint density at radius 3 is 2.50 bits per heavy atom. The molecule has 18 heavy (non-hydrogen) atoms. The van der Waals surface area contributed by atoms with Crippen molar-refractivity contribution in [3.63, 3.8) is 0 Å². The van der Waals surface area contributed by atoms with Gasteiger partial charge in [0.25, 0.3) is 5.91 Å². The maximum Gasteiger partial charge on any atom is 0.409 e. The summed E-state index contributed by atoms with van der Waals surface area (Å²) in [7, 11) is 2.66. The maximum atomic E-state index is 12.6. The molecule has 0 fully saturated rings. The van der Waals surface area contributed by atoms with E-state index in [2.05, 4.69) is 15.6 Å². The highest BCUT2D eigenvalue weighted by Crippen LogP contribution is 2.06. The Morgan fingerprint density at radius 1 is 1.33 bits per heavy atom. The Kier molecular flexibility index (Phi) is 4.91. The van der Waals surface area contributed by atoms with Gasteiger partial charge in [0.1, 0.15) is 12.4 Å². The zero-order valence-electron chi connectivity index (χ0n) is 10.1. The third-order valence-electron chi connectivity index (χ3n) is 2.06. The van der Waals surface area contributed by atoms with Gasteiger partial charge in [-0.25, -0.2) is 9.18 Å². The quantitative estimate of drug-likeness (QED) is 0.786. The van der Waals surface area contributed by atoms with Crippen LogP contribution in [-0.2, 0) is 9.53 Å². The number of carbonyl (C=O) groups is 2. The van der Waals surface area contributed by atoms with Crippen LogP contribution in [0.1, 0.15) is 0 Å². The number of hydrogen-bond acceptors (Lipinski definition) is 4. The van der Waals surface area contributed by atoms with Crippen LogP contribution in [0.4, 0.5) is 14.9 Å². The molecule has 2 amide bonds. The molecule has 1 aromatic carbocycles. The van der Waals surface area contributed by atoms with Crippen molar-refractivity contribution in [2.24, 2.45) is 0 Å². The van der Waals surface area contributed by atoms with Gasteiger partial charge in [-0.1, -0.05) is 0 Å². The number of ether oxygens (including phenoxy) is 1. The van der Waals surface area contributed by atoms with Crippen LogP contribution in [0, 0.1) is 5.82 Å². The summed E-state index contributed by atoms with van der Waals surface area (Å²) in [6.45, 7) is -0.152. The molecule has 0 bridgehead atoms. The molecule has 0 heterocycles. The molecule has 2 N–H and O–H groups in total. The van der Waals surface area contributed by atoms with Crippen LogP contribution in [0.2, 0.25) is 0 Å². The van der Waals surface area contributed by atoms with E-state index in [9.17, 15) is 14.0 Å². The van der Waals surface area contributed by atoms with E-state index in [1.54, 1.807) is 0 Å². The van der Waals surface area contributed by atoms with Crippen LogP contribution in [0.25, 0.3) is 0 Å². The lowest BCUT2D eigenvalue weighted by Gasteiger charge is -2.15. The average Bonchev–Trinajstić information content (AvgIpc) is 2.37. The minimum Gasteiger partial charge on any atom is -0.453 e. The van der Waals surface area contributed by atoms with E-state index in [0.717, 1.165) is 4.90 Å². The molecule has 0 spiro atoms. The molecule has 0 saturated carbocycles. The van der Waals surface area contributed by atoms with Crippen LogP contribution in [0.3, 0.4) is 0 Å². The van der Waals surface area contributed by atoms with Gasteiger partial charge in [0.15, 0.2) is 0 Å². The molecule has 6 nitrogen and oxygen atoms in total. The fourth-order valence-electron chi connectivity index (χ4n) is 1.15. The first-order valence-corrected chi connectivity index (χ1v) is 5.12. The van der Waals surface area contributed by atoms with Crippen molar-refractivity contribution in [2.45, 2.75) is 0 Å². The Morgan fingerprint density at radius 2 is 1.94 bits per heavy atom. The molecular formula is C11H14FN3O3. The summed E-state index contributed by atoms with van der Waals surface area (Å²) in [6.07, 6.45) is -0.605. The summed E-state index contributed by atoms with van der Waals surface area (Å²) in [5.41, 5.74) is 5.49. The standard InChI is InChI=1S/C11H14FN3O3/c1-15(11(17)18-2)7-10(16)14-13-9-5-3-8(12)4-6-9/h3-6,13H,7H2,1-2H3,(H,14,16). The number of anilines is 1. The van der Waals surface area contributed by atoms with Crippen molar-refractivity contribution >= 4 is 17.7 Å². The predicted molar refractivity (Wildman–Crippen MR) is 63.2 cm³/mol. The number of nitrogens with one attached hydrogen (secondary N) is 2. The van der Waals surface area contributed by atoms with Gasteiger partial charge in [-0.15, -0.1) is 0 Å². The van der Waals surface area contributed by atoms with Gasteiger partial charge in [-0.05, 0) is 24.3 Å². The number of halogens is 1. The second-order valence-electron chi connectivity index (χ2n) is 3.51. The number of nitrogens with zero attached hydrogens (tertiary/aromatic N) is 1. The Labute approximate surface area is 104 Å². The van der Waals surface area contributed by atoms with Crippen molar-refractivity contribution in [3.05, 3.63) is 30.1 Å². The first kappa shape index (κ1) is 13.8. The number of methoxy groups -OCH3 is 1. The van der Waals surface area contributed by atoms with Crippen molar-refractivity contribution in [2.75, 3.05) is 26.1 Å². The average molecular weight is 255 g/mol. The minimum absolute atomic E-state index is 0.152. The topological polar surface area (TPSA) is 70.7 Å². The Hall–Kier alpha value is -2.31. The molecule has 0 aromatic heterocycles. The van der Waals surface area contributed by atoms with Crippen LogP contribution in [-0.4, -0.2) is 37.6 Å². The number of hydrogen-bond donors (Lipinski definition) is 2. The molecule has 0 aliphatic rings. The first-order valence-electron chi connectivity index (χ1n) is 5.12. The molecule has 0 unspecified atom stereocenters. The summed E-state index contributed by atoms with van der Waals surface area (Å²) in [5, 5.41) is 0. The summed E-state index contributed by atoms with van der Waals surface area (Å²) in [4.78, 5) is 23.6. The van der Waals surface area contributed by atoms with E-state index >= 15 is 0 Å². The molecule has 0 radical (unpaired) electrons. The van der Waals surface area contributed by atoms with Crippen LogP contribution in [0.15, 0.2) is 24.3 Å². The van der Waals surface area contributed by atoms with E-state index < -0.39 is 12.0 Å². The van der Waals surface area contributed by atoms with E-state index in [-0.39, 0.29) is 12.4 Å². The van der Waals surface area contributed by atoms with Crippen molar-refractivity contribution in [3.8, 4) is 0 Å². The number of carbonyl (C=O) groups excluding carboxylic acids is 2. The van der Waals surface area contributed by atoms with Crippen LogP contribution in [0.5, 0.6) is 0 Å². The fraction of sp³-hybridized carbons (Fsp3) is 0.273. The smallest absolute Gasteiger partial charge is 0.409 e. The number of benzene rings is 1. The fourth-order valence-corrected chi connectivity index (χ4v) is 1.15. The lowest BCUT2D eigenvalue weighted by molar-refractivity contribution is -0.121. The molecule has 7 heteroatoms. The van der Waals surface area contributed by atoms with Gasteiger partial charge in [0.2, 0.25) is 0 Å². The number of hydrazine groups is 1. The molecular weight excluding hydrogens is 241 g/mol. The van der Waals surface area contributed by atoms with Gasteiger partial charge >= 0.3 is 6.09 Å². The van der Waals surface area contributed by atoms with Crippen LogP contribution < -0.4 is 10.9 Å². The van der Waals surface area contributed by atoms with Crippen molar-refractivity contribution in [1.82, 2.24) is 10.3 Å². The van der Waals surface area contributed by atoms with Gasteiger partial charge in [0.05, 0.1) is 12.8 Å². The van der Waals surface area contributed by atoms with E-state index in [0.29, 0.717) is 5.69 Å². The molecule has 0 atom stereocenters. The summed E-state index contributed by atoms with van der Waals surface area (Å²) in [5.74, 6) is -0.787. The normalized spacial score (nSPS) is 9.50. The number of amides is 2. The van der Waals surface area contributed by atoms with Gasteiger partial charge in [-0.3, -0.25) is 15.6 Å². The monoisotopic (exact) mass is 255 g/mol. The summed E-state index contributed by atoms with van der Waals surface area (Å²) in [6, 6.07) is 5.46. The van der Waals surface area contributed by atoms with Crippen molar-refractivity contribution < 1.29 is 18.7 Å². The highest BCUT2D eigenvalue weighted by molar-refractivity contribution is 5.82. The van der Waals surface area contributed by atoms with E-state index in [4.69, 9.17) is 0 Å². The molecule has 0 aliphatic heterocycles. The number of rotatable bonds is 4. The Balaban J connectivity index is 2.37. The van der Waals surface area contributed by atoms with E-state index in [1.165, 1.54) is 38.4 Å². The second-order valence-corrected chi connectivity index (χ2v) is 3.51. The molecule has 0 saturated heterocycles. The van der Waals surface area contributed by atoms with Gasteiger partial charge in [-0.2, -0.15) is 0 Å². The Bertz CT molecular complexity index is 422. The summed E-state index contributed by atoms with van der Waals surface area (Å²) < 4.78 is 17.0. The summed E-state index contributed by atoms with van der Waals surface area (Å²) >= 11 is 0. The molecule has 1 rings (SSSR count). The zero-order chi connectivity index (χ0) is 13.5. The highest BCUT2D eigenvalue weighted by atomic mass is 19.1. The zero-order valence-corrected chi connectivity index (χ0v) is 10.1. The largest absolute Gasteiger partial charge is 0.453 e. The second kappa shape index (κ2) is 6.43. The first-order chi connectivity index (χ1) is 8.52. The third-order valence-corrected chi connectivity index (χ3v) is 2.06. The molecule has 0 aliphatic carbocycles. The lowest BCUT2D eigenvalue weighted by Crippen LogP contribution is -2.40. The maximum absolute atomic E-state index is 12.6. The molecule has 98 valence electrons.